The van der Waals surface area contributed by atoms with E-state index in [-0.39, 0.29) is 24.2 Å². The minimum Gasteiger partial charge on any atom is -0.312 e. The largest absolute Gasteiger partial charge is 0.312 e. The van der Waals surface area contributed by atoms with Gasteiger partial charge >= 0.3 is 0 Å². The molecule has 1 saturated heterocycles. The predicted octanol–water partition coefficient (Wildman–Crippen LogP) is 3.18. The van der Waals surface area contributed by atoms with Crippen LogP contribution in [0.25, 0.3) is 0 Å². The minimum absolute atomic E-state index is 0.0266. The van der Waals surface area contributed by atoms with Crippen LogP contribution < -0.4 is 10.3 Å². The van der Waals surface area contributed by atoms with Crippen LogP contribution in [0.2, 0.25) is 0 Å². The number of benzene rings is 1. The second-order valence-electron chi connectivity index (χ2n) is 6.36. The highest BCUT2D eigenvalue weighted by atomic mass is 32.1. The summed E-state index contributed by atoms with van der Waals surface area (Å²) in [6.45, 7) is 6.46. The van der Waals surface area contributed by atoms with E-state index >= 15 is 0 Å². The van der Waals surface area contributed by atoms with Crippen molar-refractivity contribution in [1.82, 2.24) is 5.43 Å². The molecular weight excluding hydrogens is 334 g/mol. The first kappa shape index (κ1) is 17.4. The third-order valence-corrected chi connectivity index (χ3v) is 5.36. The van der Waals surface area contributed by atoms with Crippen LogP contribution in [-0.2, 0) is 9.59 Å². The van der Waals surface area contributed by atoms with Gasteiger partial charge in [-0.15, -0.1) is 11.3 Å². The third-order valence-electron chi connectivity index (χ3n) is 4.43. The third kappa shape index (κ3) is 3.96. The fourth-order valence-electron chi connectivity index (χ4n) is 2.80. The zero-order chi connectivity index (χ0) is 18.0. The van der Waals surface area contributed by atoms with Crippen molar-refractivity contribution >= 4 is 35.1 Å². The van der Waals surface area contributed by atoms with Gasteiger partial charge in [0.2, 0.25) is 11.8 Å². The molecule has 1 aromatic carbocycles. The van der Waals surface area contributed by atoms with Crippen LogP contribution in [0.3, 0.4) is 0 Å². The molecule has 0 unspecified atom stereocenters. The fraction of sp³-hybridized carbons (Fsp3) is 0.316. The summed E-state index contributed by atoms with van der Waals surface area (Å²) in [7, 11) is 0. The SMILES string of the molecule is Cc1ccc(/C=N\NC(=O)[C@H]2CC(=O)N(c3ccc(C)c(C)c3)C2)s1. The molecule has 130 valence electrons. The number of aryl methyl sites for hydroxylation is 3. The van der Waals surface area contributed by atoms with E-state index in [2.05, 4.69) is 10.5 Å². The van der Waals surface area contributed by atoms with Crippen LogP contribution in [0.5, 0.6) is 0 Å². The van der Waals surface area contributed by atoms with Crippen molar-refractivity contribution in [3.05, 3.63) is 51.2 Å². The summed E-state index contributed by atoms with van der Waals surface area (Å²) in [5, 5.41) is 4.00. The first-order valence-corrected chi connectivity index (χ1v) is 9.02. The van der Waals surface area contributed by atoms with Gasteiger partial charge in [-0.25, -0.2) is 5.43 Å². The maximum atomic E-state index is 12.3. The Morgan fingerprint density at radius 3 is 2.72 bits per heavy atom. The second kappa shape index (κ2) is 7.19. The van der Waals surface area contributed by atoms with Crippen LogP contribution in [0.4, 0.5) is 5.69 Å². The number of hydrazone groups is 1. The summed E-state index contributed by atoms with van der Waals surface area (Å²) in [5.41, 5.74) is 5.72. The average molecular weight is 355 g/mol. The molecule has 0 aliphatic carbocycles. The topological polar surface area (TPSA) is 61.8 Å². The van der Waals surface area contributed by atoms with Gasteiger partial charge in [0.1, 0.15) is 0 Å². The molecular formula is C19H21N3O2S. The zero-order valence-corrected chi connectivity index (χ0v) is 15.4. The number of hydrogen-bond acceptors (Lipinski definition) is 4. The van der Waals surface area contributed by atoms with Crippen LogP contribution >= 0.6 is 11.3 Å². The normalized spacial score (nSPS) is 17.5. The van der Waals surface area contributed by atoms with Crippen molar-refractivity contribution in [2.75, 3.05) is 11.4 Å². The van der Waals surface area contributed by atoms with E-state index in [9.17, 15) is 9.59 Å². The Morgan fingerprint density at radius 2 is 2.04 bits per heavy atom. The van der Waals surface area contributed by atoms with Crippen molar-refractivity contribution < 1.29 is 9.59 Å². The molecule has 6 heteroatoms. The van der Waals surface area contributed by atoms with Crippen molar-refractivity contribution in [3.63, 3.8) is 0 Å². The van der Waals surface area contributed by atoms with Crippen LogP contribution in [0.1, 0.15) is 27.3 Å². The van der Waals surface area contributed by atoms with E-state index in [0.717, 1.165) is 16.1 Å². The monoisotopic (exact) mass is 355 g/mol. The number of rotatable bonds is 4. The molecule has 25 heavy (non-hydrogen) atoms. The molecule has 1 aliphatic rings. The molecule has 2 aromatic rings. The number of thiophene rings is 1. The van der Waals surface area contributed by atoms with Crippen molar-refractivity contribution in [1.29, 1.82) is 0 Å². The van der Waals surface area contributed by atoms with Gasteiger partial charge < -0.3 is 4.90 Å². The van der Waals surface area contributed by atoms with E-state index in [1.54, 1.807) is 22.5 Å². The fourth-order valence-corrected chi connectivity index (χ4v) is 3.55. The summed E-state index contributed by atoms with van der Waals surface area (Å²) < 4.78 is 0. The number of amides is 2. The Hall–Kier alpha value is -2.47. The van der Waals surface area contributed by atoms with E-state index in [1.807, 2.05) is 51.1 Å². The lowest BCUT2D eigenvalue weighted by molar-refractivity contribution is -0.126. The molecule has 1 atom stereocenters. The molecule has 0 radical (unpaired) electrons. The lowest BCUT2D eigenvalue weighted by Gasteiger charge is -2.17. The first-order chi connectivity index (χ1) is 11.9. The number of carbonyl (C=O) groups excluding carboxylic acids is 2. The molecule has 1 N–H and O–H groups in total. The standard InChI is InChI=1S/C19H21N3O2S/c1-12-4-6-16(8-13(12)2)22-11-15(9-18(22)23)19(24)21-20-10-17-7-5-14(3)25-17/h4-8,10,15H,9,11H2,1-3H3,(H,21,24)/b20-10-/t15-/m0/s1. The highest BCUT2D eigenvalue weighted by Gasteiger charge is 2.35. The number of nitrogens with zero attached hydrogens (tertiary/aromatic N) is 2. The quantitative estimate of drug-likeness (QED) is 0.676. The summed E-state index contributed by atoms with van der Waals surface area (Å²) in [5.74, 6) is -0.623. The summed E-state index contributed by atoms with van der Waals surface area (Å²) in [4.78, 5) is 28.4. The van der Waals surface area contributed by atoms with Crippen LogP contribution in [-0.4, -0.2) is 24.6 Å². The van der Waals surface area contributed by atoms with Crippen molar-refractivity contribution in [2.45, 2.75) is 27.2 Å². The number of hydrogen-bond donors (Lipinski definition) is 1. The van der Waals surface area contributed by atoms with Gasteiger partial charge in [0.15, 0.2) is 0 Å². The van der Waals surface area contributed by atoms with Gasteiger partial charge in [-0.05, 0) is 56.2 Å². The Labute approximate surface area is 151 Å². The molecule has 5 nitrogen and oxygen atoms in total. The predicted molar refractivity (Wildman–Crippen MR) is 101 cm³/mol. The molecule has 1 aliphatic heterocycles. The Balaban J connectivity index is 1.62. The summed E-state index contributed by atoms with van der Waals surface area (Å²) in [6, 6.07) is 9.88. The van der Waals surface area contributed by atoms with Gasteiger partial charge in [-0.1, -0.05) is 6.07 Å². The number of carbonyl (C=O) groups is 2. The van der Waals surface area contributed by atoms with Gasteiger partial charge in [0, 0.05) is 28.4 Å². The molecule has 1 fully saturated rings. The van der Waals surface area contributed by atoms with Gasteiger partial charge in [0.05, 0.1) is 12.1 Å². The minimum atomic E-state index is -0.378. The highest BCUT2D eigenvalue weighted by Crippen LogP contribution is 2.26. The maximum absolute atomic E-state index is 12.3. The molecule has 2 amide bonds. The molecule has 3 rings (SSSR count). The van der Waals surface area contributed by atoms with Gasteiger partial charge in [-0.3, -0.25) is 9.59 Å². The van der Waals surface area contributed by atoms with Crippen LogP contribution in [0.15, 0.2) is 35.4 Å². The van der Waals surface area contributed by atoms with E-state index in [4.69, 9.17) is 0 Å². The Morgan fingerprint density at radius 1 is 1.24 bits per heavy atom. The molecule has 1 aromatic heterocycles. The molecule has 0 saturated carbocycles. The second-order valence-corrected chi connectivity index (χ2v) is 7.68. The lowest BCUT2D eigenvalue weighted by atomic mass is 10.1. The van der Waals surface area contributed by atoms with Crippen LogP contribution in [0, 0.1) is 26.7 Å². The van der Waals surface area contributed by atoms with Crippen molar-refractivity contribution in [3.8, 4) is 0 Å². The van der Waals surface area contributed by atoms with E-state index in [1.165, 1.54) is 10.4 Å². The molecule has 2 heterocycles. The number of anilines is 1. The maximum Gasteiger partial charge on any atom is 0.245 e. The molecule has 0 spiro atoms. The van der Waals surface area contributed by atoms with Gasteiger partial charge in [0.25, 0.3) is 0 Å². The lowest BCUT2D eigenvalue weighted by Crippen LogP contribution is -2.30. The van der Waals surface area contributed by atoms with E-state index < -0.39 is 0 Å². The van der Waals surface area contributed by atoms with E-state index in [0.29, 0.717) is 6.54 Å². The first-order valence-electron chi connectivity index (χ1n) is 8.21. The number of nitrogens with one attached hydrogen (secondary N) is 1. The summed E-state index contributed by atoms with van der Waals surface area (Å²) >= 11 is 1.61. The average Bonchev–Trinajstić information content (AvgIpc) is 3.16. The zero-order valence-electron chi connectivity index (χ0n) is 14.6. The van der Waals surface area contributed by atoms with Crippen molar-refractivity contribution in [2.24, 2.45) is 11.0 Å². The highest BCUT2D eigenvalue weighted by molar-refractivity contribution is 7.13. The molecule has 0 bridgehead atoms. The Kier molecular flexibility index (Phi) is 4.99. The summed E-state index contributed by atoms with van der Waals surface area (Å²) in [6.07, 6.45) is 1.85. The Bertz CT molecular complexity index is 841. The smallest absolute Gasteiger partial charge is 0.245 e. The van der Waals surface area contributed by atoms with Gasteiger partial charge in [-0.2, -0.15) is 5.10 Å².